The van der Waals surface area contributed by atoms with Gasteiger partial charge in [-0.2, -0.15) is 0 Å². The van der Waals surface area contributed by atoms with Crippen LogP contribution in [0.4, 0.5) is 5.82 Å². The van der Waals surface area contributed by atoms with Crippen molar-refractivity contribution in [3.05, 3.63) is 12.7 Å². The number of nitrogens with two attached hydrogens (primary N) is 1. The fourth-order valence-corrected chi connectivity index (χ4v) is 7.51. The second-order valence-corrected chi connectivity index (χ2v) is 9.53. The van der Waals surface area contributed by atoms with Crippen LogP contribution >= 0.6 is 6.26 Å². The molecule has 3 aliphatic heterocycles. The minimum atomic E-state index is -2.09. The molecule has 6 atom stereocenters. The Morgan fingerprint density at radius 2 is 2.14 bits per heavy atom. The fourth-order valence-electron chi connectivity index (χ4n) is 3.04. The van der Waals surface area contributed by atoms with Gasteiger partial charge in [-0.1, -0.05) is 11.8 Å². The van der Waals surface area contributed by atoms with Gasteiger partial charge in [-0.3, -0.25) is 4.57 Å². The molecule has 1 spiro atoms. The molecule has 9 nitrogen and oxygen atoms in total. The third-order valence-corrected chi connectivity index (χ3v) is 8.71. The number of aliphatic hydroxyl groups is 2. The third kappa shape index (κ3) is 1.20. The molecule has 0 amide bonds. The van der Waals surface area contributed by atoms with Crippen molar-refractivity contribution in [1.82, 2.24) is 19.5 Å². The Kier molecular flexibility index (Phi) is 2.02. The van der Waals surface area contributed by atoms with Crippen molar-refractivity contribution in [2.75, 3.05) is 5.73 Å². The Bertz CT molecular complexity index is 844. The molecule has 0 bridgehead atoms. The molecule has 21 heavy (non-hydrogen) atoms. The number of nitrogens with zero attached hydrogens (tertiary/aromatic N) is 4. The summed E-state index contributed by atoms with van der Waals surface area (Å²) in [6, 6.07) is 0. The Hall–Kier alpha value is -1.16. The van der Waals surface area contributed by atoms with Crippen molar-refractivity contribution in [3.8, 4) is 0 Å². The smallest absolute Gasteiger partial charge is 0.185 e. The lowest BCUT2D eigenvalue weighted by atomic mass is 10.1. The molecule has 0 saturated carbocycles. The summed E-state index contributed by atoms with van der Waals surface area (Å²) in [5, 5.41) is 19.7. The lowest BCUT2D eigenvalue weighted by molar-refractivity contribution is -0.0607. The van der Waals surface area contributed by atoms with Crippen LogP contribution in [0.3, 0.4) is 0 Å². The number of aromatic nitrogens is 4. The van der Waals surface area contributed by atoms with Crippen molar-refractivity contribution >= 4 is 35.1 Å². The van der Waals surface area contributed by atoms with E-state index in [4.69, 9.17) is 26.8 Å². The summed E-state index contributed by atoms with van der Waals surface area (Å²) in [6.45, 7) is 0. The number of hydrogen-bond donors (Lipinski definition) is 3. The second kappa shape index (κ2) is 3.43. The molecule has 0 aromatic carbocycles. The van der Waals surface area contributed by atoms with Gasteiger partial charge in [-0.15, -0.1) is 0 Å². The molecule has 2 aromatic rings. The molecule has 1 unspecified atom stereocenters. The molecular formula is C10H10N5O4PS. The van der Waals surface area contributed by atoms with Crippen molar-refractivity contribution in [2.24, 2.45) is 0 Å². The zero-order valence-corrected chi connectivity index (χ0v) is 12.1. The van der Waals surface area contributed by atoms with E-state index in [1.54, 1.807) is 0 Å². The average molecular weight is 327 g/mol. The highest BCUT2D eigenvalue weighted by molar-refractivity contribution is 8.20. The highest BCUT2D eigenvalue weighted by Gasteiger charge is 2.94. The van der Waals surface area contributed by atoms with E-state index in [0.717, 1.165) is 0 Å². The van der Waals surface area contributed by atoms with Gasteiger partial charge in [0.05, 0.1) is 6.33 Å². The van der Waals surface area contributed by atoms with Crippen LogP contribution in [0.5, 0.6) is 0 Å². The van der Waals surface area contributed by atoms with E-state index >= 15 is 0 Å². The van der Waals surface area contributed by atoms with Gasteiger partial charge in [0.1, 0.15) is 30.3 Å². The van der Waals surface area contributed by atoms with Crippen LogP contribution in [0.25, 0.3) is 11.2 Å². The van der Waals surface area contributed by atoms with Gasteiger partial charge >= 0.3 is 0 Å². The van der Waals surface area contributed by atoms with Gasteiger partial charge < -0.3 is 25.2 Å². The van der Waals surface area contributed by atoms with Gasteiger partial charge in [0.2, 0.25) is 0 Å². The zero-order valence-electron chi connectivity index (χ0n) is 10.4. The zero-order chi connectivity index (χ0) is 14.6. The number of fused-ring (bicyclic) bond motifs is 4. The summed E-state index contributed by atoms with van der Waals surface area (Å²) in [5.41, 5.74) is 6.59. The van der Waals surface area contributed by atoms with Crippen LogP contribution in [-0.2, 0) is 21.1 Å². The van der Waals surface area contributed by atoms with Crippen LogP contribution in [-0.4, -0.2) is 53.1 Å². The van der Waals surface area contributed by atoms with E-state index in [9.17, 15) is 10.2 Å². The van der Waals surface area contributed by atoms with Gasteiger partial charge in [-0.05, 0) is 0 Å². The van der Waals surface area contributed by atoms with E-state index in [2.05, 4.69) is 15.0 Å². The van der Waals surface area contributed by atoms with Crippen LogP contribution < -0.4 is 5.73 Å². The Labute approximate surface area is 122 Å². The van der Waals surface area contributed by atoms with Crippen molar-refractivity contribution in [3.63, 3.8) is 0 Å². The second-order valence-electron chi connectivity index (χ2n) is 5.33. The number of hydrogen-bond acceptors (Lipinski definition) is 9. The Balaban J connectivity index is 1.61. The Morgan fingerprint density at radius 1 is 1.38 bits per heavy atom. The quantitative estimate of drug-likeness (QED) is 0.451. The molecule has 2 aromatic heterocycles. The van der Waals surface area contributed by atoms with Gasteiger partial charge in [-0.25, -0.2) is 15.0 Å². The molecule has 3 fully saturated rings. The summed E-state index contributed by atoms with van der Waals surface area (Å²) in [5.74, 6) is 0.00970. The fraction of sp³-hybridized carbons (Fsp3) is 0.500. The highest BCUT2D eigenvalue weighted by Crippen LogP contribution is 3.01. The van der Waals surface area contributed by atoms with Crippen LogP contribution in [0.2, 0.25) is 0 Å². The SMILES string of the molecule is Nc1ncnc2c1ncn2[C@@H]1O[C@]2([C@H]3OP32=S)[C@@H](O)[C@H]1O. The first-order chi connectivity index (χ1) is 10.0. The molecule has 3 saturated heterocycles. The monoisotopic (exact) mass is 327 g/mol. The summed E-state index contributed by atoms with van der Waals surface area (Å²) >= 11 is 5.33. The highest BCUT2D eigenvalue weighted by atomic mass is 32.5. The van der Waals surface area contributed by atoms with Crippen molar-refractivity contribution < 1.29 is 19.5 Å². The van der Waals surface area contributed by atoms with Crippen molar-refractivity contribution in [1.29, 1.82) is 0 Å². The van der Waals surface area contributed by atoms with Crippen molar-refractivity contribution in [2.45, 2.75) is 29.6 Å². The molecule has 4 N–H and O–H groups in total. The van der Waals surface area contributed by atoms with E-state index in [-0.39, 0.29) is 11.7 Å². The first-order valence-electron chi connectivity index (χ1n) is 6.26. The first-order valence-corrected chi connectivity index (χ1v) is 9.05. The maximum atomic E-state index is 10.3. The molecule has 0 radical (unpaired) electrons. The van der Waals surface area contributed by atoms with Gasteiger partial charge in [0.15, 0.2) is 28.9 Å². The lowest BCUT2D eigenvalue weighted by Gasteiger charge is -2.18. The molecular weight excluding hydrogens is 317 g/mol. The topological polar surface area (TPSA) is 132 Å². The van der Waals surface area contributed by atoms with E-state index in [1.807, 2.05) is 0 Å². The summed E-state index contributed by atoms with van der Waals surface area (Å²) in [4.78, 5) is 12.1. The van der Waals surface area contributed by atoms with Gasteiger partial charge in [0.25, 0.3) is 0 Å². The maximum absolute atomic E-state index is 10.3. The summed E-state index contributed by atoms with van der Waals surface area (Å²) < 4.78 is 12.7. The number of rotatable bonds is 1. The average Bonchev–Trinajstić information content (AvgIpc) is 3.11. The number of ether oxygens (including phenoxy) is 1. The normalized spacial score (nSPS) is 47.0. The minimum absolute atomic E-state index is 0.232. The van der Waals surface area contributed by atoms with Crippen LogP contribution in [0, 0.1) is 0 Å². The predicted octanol–water partition coefficient (Wildman–Crippen LogP) is -0.880. The summed E-state index contributed by atoms with van der Waals surface area (Å²) in [6.07, 6.45) is -2.35. The maximum Gasteiger partial charge on any atom is 0.185 e. The van der Waals surface area contributed by atoms with E-state index in [1.165, 1.54) is 17.2 Å². The Morgan fingerprint density at radius 3 is 2.76 bits per heavy atom. The number of aliphatic hydroxyl groups excluding tert-OH is 2. The summed E-state index contributed by atoms with van der Waals surface area (Å²) in [7, 11) is 0. The third-order valence-electron chi connectivity index (χ3n) is 4.30. The largest absolute Gasteiger partial charge is 0.387 e. The first kappa shape index (κ1) is 12.4. The molecule has 110 valence electrons. The standard InChI is InChI=1S/C10H10N5O4PS/c11-6-3-7(13-1-12-6)15(2-14-3)8-4(16)5(17)10(18-8)9-19-20(9,10)21/h1-2,4-5,8-9,16-17H,(H2,11,12,13)/t4-,5+,8-,9+,10-,20?/m1/s1. The number of anilines is 1. The molecule has 5 rings (SSSR count). The van der Waals surface area contributed by atoms with Crippen LogP contribution in [0.1, 0.15) is 6.23 Å². The number of imidazole rings is 1. The molecule has 5 heterocycles. The predicted molar refractivity (Wildman–Crippen MR) is 73.8 cm³/mol. The minimum Gasteiger partial charge on any atom is -0.387 e. The number of nitrogen functional groups attached to an aromatic ring is 1. The van der Waals surface area contributed by atoms with E-state index < -0.39 is 30.0 Å². The molecule has 11 heteroatoms. The molecule has 3 aliphatic rings. The molecule has 0 aliphatic carbocycles. The van der Waals surface area contributed by atoms with E-state index in [0.29, 0.717) is 11.2 Å². The van der Waals surface area contributed by atoms with Crippen LogP contribution in [0.15, 0.2) is 12.7 Å². The lowest BCUT2D eigenvalue weighted by Crippen LogP contribution is -2.36. The van der Waals surface area contributed by atoms with Gasteiger partial charge in [0, 0.05) is 0 Å².